The third-order valence-corrected chi connectivity index (χ3v) is 2.33. The number of hydrogen-bond donors (Lipinski definition) is 1. The third-order valence-electron chi connectivity index (χ3n) is 2.33. The zero-order chi connectivity index (χ0) is 10.7. The van der Waals surface area contributed by atoms with Gasteiger partial charge in [0.25, 0.3) is 6.01 Å². The molecule has 0 atom stereocenters. The molecule has 0 unspecified atom stereocenters. The van der Waals surface area contributed by atoms with Crippen molar-refractivity contribution < 1.29 is 4.74 Å². The van der Waals surface area contributed by atoms with Gasteiger partial charge >= 0.3 is 0 Å². The lowest BCUT2D eigenvalue weighted by Gasteiger charge is -2.03. The summed E-state index contributed by atoms with van der Waals surface area (Å²) in [7, 11) is 1.95. The van der Waals surface area contributed by atoms with Crippen LogP contribution >= 0.6 is 0 Å². The average molecular weight is 205 g/mol. The van der Waals surface area contributed by atoms with Gasteiger partial charge in [0.05, 0.1) is 17.6 Å². The fraction of sp³-hybridized carbons (Fsp3) is 0.364. The number of benzene rings is 1. The molecule has 2 aromatic rings. The molecule has 0 aliphatic heterocycles. The van der Waals surface area contributed by atoms with Gasteiger partial charge in [-0.1, -0.05) is 12.1 Å². The smallest absolute Gasteiger partial charge is 0.297 e. The highest BCUT2D eigenvalue weighted by atomic mass is 16.5. The van der Waals surface area contributed by atoms with E-state index in [0.29, 0.717) is 19.2 Å². The molecule has 0 amide bonds. The molecule has 1 heterocycles. The maximum atomic E-state index is 5.53. The molecule has 1 aromatic carbocycles. The van der Waals surface area contributed by atoms with Gasteiger partial charge in [-0.3, -0.25) is 4.57 Å². The number of aryl methyl sites for hydroxylation is 1. The molecule has 80 valence electrons. The number of rotatable bonds is 4. The van der Waals surface area contributed by atoms with Crippen LogP contribution in [-0.2, 0) is 7.05 Å². The summed E-state index contributed by atoms with van der Waals surface area (Å²) in [5, 5.41) is 0. The van der Waals surface area contributed by atoms with Crippen LogP contribution in [0.25, 0.3) is 11.0 Å². The molecule has 0 radical (unpaired) electrons. The highest BCUT2D eigenvalue weighted by molar-refractivity contribution is 5.76. The zero-order valence-electron chi connectivity index (χ0n) is 8.81. The largest absolute Gasteiger partial charge is 0.465 e. The van der Waals surface area contributed by atoms with Crippen LogP contribution < -0.4 is 10.5 Å². The molecule has 2 N–H and O–H groups in total. The van der Waals surface area contributed by atoms with Gasteiger partial charge in [0.2, 0.25) is 0 Å². The Bertz CT molecular complexity index is 450. The van der Waals surface area contributed by atoms with E-state index in [4.69, 9.17) is 10.5 Å². The highest BCUT2D eigenvalue weighted by Crippen LogP contribution is 2.19. The quantitative estimate of drug-likeness (QED) is 0.765. The van der Waals surface area contributed by atoms with E-state index in [2.05, 4.69) is 4.98 Å². The van der Waals surface area contributed by atoms with E-state index in [9.17, 15) is 0 Å². The molecule has 0 spiro atoms. The van der Waals surface area contributed by atoms with Crippen molar-refractivity contribution in [2.75, 3.05) is 13.2 Å². The summed E-state index contributed by atoms with van der Waals surface area (Å²) in [5.41, 5.74) is 7.44. The van der Waals surface area contributed by atoms with Crippen LogP contribution in [0.3, 0.4) is 0 Å². The minimum atomic E-state index is 0.619. The number of ether oxygens (including phenoxy) is 1. The van der Waals surface area contributed by atoms with Crippen LogP contribution in [0, 0.1) is 0 Å². The average Bonchev–Trinajstić information content (AvgIpc) is 2.57. The molecule has 0 bridgehead atoms. The Morgan fingerprint density at radius 1 is 1.40 bits per heavy atom. The Morgan fingerprint density at radius 3 is 2.93 bits per heavy atom. The van der Waals surface area contributed by atoms with Gasteiger partial charge in [0, 0.05) is 7.05 Å². The molecular weight excluding hydrogens is 190 g/mol. The first-order valence-electron chi connectivity index (χ1n) is 5.07. The minimum absolute atomic E-state index is 0.619. The summed E-state index contributed by atoms with van der Waals surface area (Å²) < 4.78 is 7.48. The Morgan fingerprint density at radius 2 is 2.20 bits per heavy atom. The molecule has 0 saturated carbocycles. The number of hydrogen-bond acceptors (Lipinski definition) is 3. The van der Waals surface area contributed by atoms with Gasteiger partial charge in [-0.2, -0.15) is 4.98 Å². The molecule has 15 heavy (non-hydrogen) atoms. The second-order valence-corrected chi connectivity index (χ2v) is 3.43. The molecule has 1 aromatic heterocycles. The Hall–Kier alpha value is -1.55. The lowest BCUT2D eigenvalue weighted by Crippen LogP contribution is -2.08. The van der Waals surface area contributed by atoms with Crippen molar-refractivity contribution in [3.8, 4) is 6.01 Å². The van der Waals surface area contributed by atoms with Crippen molar-refractivity contribution in [3.05, 3.63) is 24.3 Å². The number of nitrogens with two attached hydrogens (primary N) is 1. The molecule has 0 aliphatic rings. The first-order chi connectivity index (χ1) is 7.33. The molecule has 0 aliphatic carbocycles. The summed E-state index contributed by atoms with van der Waals surface area (Å²) in [5.74, 6) is 0. The lowest BCUT2D eigenvalue weighted by atomic mass is 10.3. The van der Waals surface area contributed by atoms with Crippen LogP contribution in [0.15, 0.2) is 24.3 Å². The van der Waals surface area contributed by atoms with E-state index >= 15 is 0 Å². The van der Waals surface area contributed by atoms with Crippen molar-refractivity contribution in [2.24, 2.45) is 12.8 Å². The Balaban J connectivity index is 2.24. The van der Waals surface area contributed by atoms with E-state index in [0.717, 1.165) is 17.5 Å². The van der Waals surface area contributed by atoms with Gasteiger partial charge in [-0.05, 0) is 25.1 Å². The van der Waals surface area contributed by atoms with E-state index in [1.807, 2.05) is 35.9 Å². The van der Waals surface area contributed by atoms with Gasteiger partial charge in [0.15, 0.2) is 0 Å². The topological polar surface area (TPSA) is 53.1 Å². The van der Waals surface area contributed by atoms with Gasteiger partial charge in [0.1, 0.15) is 0 Å². The Kier molecular flexibility index (Phi) is 2.87. The SMILES string of the molecule is Cn1c(OCCCN)nc2ccccc21. The molecule has 0 fully saturated rings. The van der Waals surface area contributed by atoms with Crippen molar-refractivity contribution >= 4 is 11.0 Å². The van der Waals surface area contributed by atoms with E-state index in [-0.39, 0.29) is 0 Å². The Labute approximate surface area is 88.7 Å². The minimum Gasteiger partial charge on any atom is -0.465 e. The number of aromatic nitrogens is 2. The van der Waals surface area contributed by atoms with E-state index in [1.54, 1.807) is 0 Å². The standard InChI is InChI=1S/C11H15N3O/c1-14-10-6-3-2-5-9(10)13-11(14)15-8-4-7-12/h2-3,5-6H,4,7-8,12H2,1H3. The van der Waals surface area contributed by atoms with E-state index in [1.165, 1.54) is 0 Å². The first kappa shape index (κ1) is 9.98. The lowest BCUT2D eigenvalue weighted by molar-refractivity contribution is 0.281. The zero-order valence-corrected chi connectivity index (χ0v) is 8.81. The van der Waals surface area contributed by atoms with Gasteiger partial charge in [-0.15, -0.1) is 0 Å². The number of fused-ring (bicyclic) bond motifs is 1. The van der Waals surface area contributed by atoms with Crippen molar-refractivity contribution in [3.63, 3.8) is 0 Å². The fourth-order valence-corrected chi connectivity index (χ4v) is 1.50. The maximum Gasteiger partial charge on any atom is 0.297 e. The second kappa shape index (κ2) is 4.31. The normalized spacial score (nSPS) is 10.8. The monoisotopic (exact) mass is 205 g/mol. The van der Waals surface area contributed by atoms with Crippen molar-refractivity contribution in [2.45, 2.75) is 6.42 Å². The van der Waals surface area contributed by atoms with Crippen molar-refractivity contribution in [1.82, 2.24) is 9.55 Å². The second-order valence-electron chi connectivity index (χ2n) is 3.43. The van der Waals surface area contributed by atoms with Crippen LogP contribution in [0.1, 0.15) is 6.42 Å². The van der Waals surface area contributed by atoms with Crippen LogP contribution in [0.2, 0.25) is 0 Å². The molecule has 4 heteroatoms. The first-order valence-corrected chi connectivity index (χ1v) is 5.07. The summed E-state index contributed by atoms with van der Waals surface area (Å²) in [6, 6.07) is 8.63. The molecular formula is C11H15N3O. The molecule has 2 rings (SSSR count). The van der Waals surface area contributed by atoms with E-state index < -0.39 is 0 Å². The van der Waals surface area contributed by atoms with Crippen LogP contribution in [0.5, 0.6) is 6.01 Å². The summed E-state index contributed by atoms with van der Waals surface area (Å²) in [6.45, 7) is 1.26. The molecule has 0 saturated heterocycles. The predicted molar refractivity (Wildman–Crippen MR) is 59.9 cm³/mol. The van der Waals surface area contributed by atoms with Crippen LogP contribution in [0.4, 0.5) is 0 Å². The fourth-order valence-electron chi connectivity index (χ4n) is 1.50. The van der Waals surface area contributed by atoms with Crippen molar-refractivity contribution in [1.29, 1.82) is 0 Å². The van der Waals surface area contributed by atoms with Crippen LogP contribution in [-0.4, -0.2) is 22.7 Å². The highest BCUT2D eigenvalue weighted by Gasteiger charge is 2.06. The van der Waals surface area contributed by atoms with Gasteiger partial charge in [-0.25, -0.2) is 0 Å². The predicted octanol–water partition coefficient (Wildman–Crippen LogP) is 1.30. The summed E-state index contributed by atoms with van der Waals surface area (Å²) in [6.07, 6.45) is 0.850. The van der Waals surface area contributed by atoms with Gasteiger partial charge < -0.3 is 10.5 Å². The third kappa shape index (κ3) is 1.94. The summed E-state index contributed by atoms with van der Waals surface area (Å²) >= 11 is 0. The number of nitrogens with zero attached hydrogens (tertiary/aromatic N) is 2. The number of imidazole rings is 1. The summed E-state index contributed by atoms with van der Waals surface area (Å²) in [4.78, 5) is 4.38. The number of para-hydroxylation sites is 2. The maximum absolute atomic E-state index is 5.53. The molecule has 4 nitrogen and oxygen atoms in total.